The van der Waals surface area contributed by atoms with Gasteiger partial charge >= 0.3 is 11.9 Å². The molecule has 0 aliphatic heterocycles. The molecule has 4 heteroatoms. The van der Waals surface area contributed by atoms with Crippen molar-refractivity contribution in [3.8, 4) is 11.1 Å². The number of carbonyl (C=O) groups excluding carboxylic acids is 2. The second-order valence-corrected chi connectivity index (χ2v) is 12.1. The van der Waals surface area contributed by atoms with E-state index in [2.05, 4.69) is 98.8 Å². The number of methoxy groups -OCH3 is 2. The lowest BCUT2D eigenvalue weighted by Crippen LogP contribution is -2.55. The van der Waals surface area contributed by atoms with Crippen LogP contribution >= 0.6 is 0 Å². The molecule has 3 aromatic carbocycles. The Balaban J connectivity index is 1.70. The summed E-state index contributed by atoms with van der Waals surface area (Å²) in [5, 5.41) is 0. The van der Waals surface area contributed by atoms with E-state index in [4.69, 9.17) is 9.47 Å². The molecule has 41 heavy (non-hydrogen) atoms. The zero-order chi connectivity index (χ0) is 28.8. The first-order valence-electron chi connectivity index (χ1n) is 14.7. The summed E-state index contributed by atoms with van der Waals surface area (Å²) in [4.78, 5) is 25.7. The van der Waals surface area contributed by atoms with Gasteiger partial charge in [-0.3, -0.25) is 9.59 Å². The molecule has 1 unspecified atom stereocenters. The highest BCUT2D eigenvalue weighted by Gasteiger charge is 2.64. The number of ether oxygens (including phenoxy) is 2. The SMILES string of the molecule is COC(=O)CCC1(C(C)(C)C2(CCC(=O)OC)c3ccccc3-c3ccccc32)C2=C(CCC=C2)c2ccccc21. The lowest BCUT2D eigenvalue weighted by atomic mass is 9.44. The molecule has 3 aliphatic rings. The highest BCUT2D eigenvalue weighted by molar-refractivity contribution is 5.87. The van der Waals surface area contributed by atoms with Crippen molar-refractivity contribution in [3.63, 3.8) is 0 Å². The molecular weight excluding hydrogens is 508 g/mol. The normalized spacial score (nSPS) is 19.7. The van der Waals surface area contributed by atoms with E-state index in [0.717, 1.165) is 12.8 Å². The summed E-state index contributed by atoms with van der Waals surface area (Å²) in [5.74, 6) is -0.419. The van der Waals surface area contributed by atoms with Crippen molar-refractivity contribution in [1.29, 1.82) is 0 Å². The number of hydrogen-bond donors (Lipinski definition) is 0. The van der Waals surface area contributed by atoms with Gasteiger partial charge in [0.1, 0.15) is 0 Å². The Kier molecular flexibility index (Phi) is 6.76. The van der Waals surface area contributed by atoms with Gasteiger partial charge in [0, 0.05) is 23.7 Å². The molecule has 3 aromatic rings. The summed E-state index contributed by atoms with van der Waals surface area (Å²) in [6, 6.07) is 26.1. The number of benzene rings is 3. The first kappa shape index (κ1) is 27.3. The quantitative estimate of drug-likeness (QED) is 0.269. The van der Waals surface area contributed by atoms with Gasteiger partial charge < -0.3 is 9.47 Å². The number of fused-ring (bicyclic) bond motifs is 5. The summed E-state index contributed by atoms with van der Waals surface area (Å²) in [6.45, 7) is 4.74. The van der Waals surface area contributed by atoms with Crippen LogP contribution in [-0.4, -0.2) is 26.2 Å². The first-order valence-corrected chi connectivity index (χ1v) is 14.7. The molecule has 210 valence electrons. The molecule has 1 atom stereocenters. The second-order valence-electron chi connectivity index (χ2n) is 12.1. The van der Waals surface area contributed by atoms with Crippen LogP contribution < -0.4 is 0 Å². The van der Waals surface area contributed by atoms with Crippen LogP contribution in [0, 0.1) is 5.41 Å². The van der Waals surface area contributed by atoms with Gasteiger partial charge in [0.05, 0.1) is 14.2 Å². The van der Waals surface area contributed by atoms with Gasteiger partial charge in [0.15, 0.2) is 0 Å². The minimum Gasteiger partial charge on any atom is -0.469 e. The van der Waals surface area contributed by atoms with Gasteiger partial charge in [0.2, 0.25) is 0 Å². The van der Waals surface area contributed by atoms with E-state index in [0.29, 0.717) is 25.7 Å². The van der Waals surface area contributed by atoms with Crippen molar-refractivity contribution in [1.82, 2.24) is 0 Å². The molecule has 0 bridgehead atoms. The highest BCUT2D eigenvalue weighted by atomic mass is 16.5. The first-order chi connectivity index (χ1) is 19.8. The molecule has 0 fully saturated rings. The van der Waals surface area contributed by atoms with E-state index < -0.39 is 16.2 Å². The predicted molar refractivity (Wildman–Crippen MR) is 162 cm³/mol. The van der Waals surface area contributed by atoms with Crippen LogP contribution in [0.25, 0.3) is 16.7 Å². The molecule has 0 heterocycles. The molecule has 6 rings (SSSR count). The molecule has 0 amide bonds. The smallest absolute Gasteiger partial charge is 0.305 e. The Labute approximate surface area is 243 Å². The zero-order valence-corrected chi connectivity index (χ0v) is 24.5. The number of carbonyl (C=O) groups is 2. The standard InChI is InChI=1S/C37H38O4/c1-35(2,36(23-21-33(38)40-3)29-17-9-5-13-25(29)26-14-6-10-18-30(26)36)37(24-22-34(39)41-4)31-19-11-7-15-27(31)28-16-8-12-20-32(28)37/h5-7,9-15,17-20H,8,16,21-24H2,1-4H3. The van der Waals surface area contributed by atoms with Crippen molar-refractivity contribution in [3.05, 3.63) is 113 Å². The van der Waals surface area contributed by atoms with Crippen LogP contribution in [0.2, 0.25) is 0 Å². The molecule has 0 saturated heterocycles. The minimum absolute atomic E-state index is 0.206. The van der Waals surface area contributed by atoms with E-state index in [1.807, 2.05) is 0 Å². The average Bonchev–Trinajstić information content (AvgIpc) is 3.48. The van der Waals surface area contributed by atoms with Gasteiger partial charge in [-0.1, -0.05) is 98.8 Å². The van der Waals surface area contributed by atoms with Crippen LogP contribution in [0.15, 0.2) is 90.5 Å². The van der Waals surface area contributed by atoms with E-state index in [1.165, 1.54) is 58.7 Å². The fourth-order valence-corrected chi connectivity index (χ4v) is 8.59. The maximum atomic E-state index is 12.8. The molecule has 0 spiro atoms. The maximum absolute atomic E-state index is 12.8. The third kappa shape index (κ3) is 3.72. The van der Waals surface area contributed by atoms with Crippen molar-refractivity contribution in [2.75, 3.05) is 14.2 Å². The van der Waals surface area contributed by atoms with Gasteiger partial charge in [-0.25, -0.2) is 0 Å². The lowest BCUT2D eigenvalue weighted by molar-refractivity contribution is -0.141. The van der Waals surface area contributed by atoms with Gasteiger partial charge in [0.25, 0.3) is 0 Å². The van der Waals surface area contributed by atoms with Crippen molar-refractivity contribution in [2.45, 2.75) is 63.2 Å². The number of rotatable bonds is 8. The van der Waals surface area contributed by atoms with E-state index in [1.54, 1.807) is 0 Å². The fraction of sp³-hybridized carbons (Fsp3) is 0.351. The third-order valence-electron chi connectivity index (χ3n) is 10.4. The molecule has 3 aliphatic carbocycles. The fourth-order valence-electron chi connectivity index (χ4n) is 8.59. The minimum atomic E-state index is -0.536. The summed E-state index contributed by atoms with van der Waals surface area (Å²) < 4.78 is 10.4. The highest BCUT2D eigenvalue weighted by Crippen LogP contribution is 2.70. The maximum Gasteiger partial charge on any atom is 0.305 e. The summed E-state index contributed by atoms with van der Waals surface area (Å²) in [6.07, 6.45) is 8.37. The molecular formula is C37H38O4. The van der Waals surface area contributed by atoms with Gasteiger partial charge in [-0.05, 0) is 75.6 Å². The topological polar surface area (TPSA) is 52.6 Å². The van der Waals surface area contributed by atoms with Crippen LogP contribution in [0.4, 0.5) is 0 Å². The van der Waals surface area contributed by atoms with Gasteiger partial charge in [-0.2, -0.15) is 0 Å². The monoisotopic (exact) mass is 546 g/mol. The predicted octanol–water partition coefficient (Wildman–Crippen LogP) is 7.94. The number of esters is 2. The number of allylic oxidation sites excluding steroid dienone is 4. The van der Waals surface area contributed by atoms with Crippen LogP contribution in [0.1, 0.15) is 74.6 Å². The zero-order valence-electron chi connectivity index (χ0n) is 24.5. The number of hydrogen-bond acceptors (Lipinski definition) is 4. The van der Waals surface area contributed by atoms with E-state index >= 15 is 0 Å². The van der Waals surface area contributed by atoms with Crippen molar-refractivity contribution >= 4 is 17.5 Å². The molecule has 0 saturated carbocycles. The van der Waals surface area contributed by atoms with Gasteiger partial charge in [-0.15, -0.1) is 0 Å². The average molecular weight is 547 g/mol. The van der Waals surface area contributed by atoms with Crippen LogP contribution in [0.5, 0.6) is 0 Å². The van der Waals surface area contributed by atoms with Crippen LogP contribution in [-0.2, 0) is 29.9 Å². The van der Waals surface area contributed by atoms with E-state index in [9.17, 15) is 9.59 Å². The third-order valence-corrected chi connectivity index (χ3v) is 10.4. The Hall–Kier alpha value is -3.92. The largest absolute Gasteiger partial charge is 0.469 e. The Morgan fingerprint density at radius 3 is 1.71 bits per heavy atom. The summed E-state index contributed by atoms with van der Waals surface area (Å²) in [5.41, 5.74) is 8.60. The van der Waals surface area contributed by atoms with Crippen molar-refractivity contribution in [2.24, 2.45) is 5.41 Å². The Bertz CT molecular complexity index is 1540. The Morgan fingerprint density at radius 2 is 1.17 bits per heavy atom. The molecule has 4 nitrogen and oxygen atoms in total. The molecule has 0 radical (unpaired) electrons. The second kappa shape index (κ2) is 10.2. The Morgan fingerprint density at radius 1 is 0.707 bits per heavy atom. The summed E-state index contributed by atoms with van der Waals surface area (Å²) >= 11 is 0. The van der Waals surface area contributed by atoms with E-state index in [-0.39, 0.29) is 11.9 Å². The molecule has 0 N–H and O–H groups in total. The molecule has 0 aromatic heterocycles. The van der Waals surface area contributed by atoms with Crippen molar-refractivity contribution < 1.29 is 19.1 Å². The summed E-state index contributed by atoms with van der Waals surface area (Å²) in [7, 11) is 2.93. The lowest BCUT2D eigenvalue weighted by Gasteiger charge is -2.57. The van der Waals surface area contributed by atoms with Crippen LogP contribution in [0.3, 0.4) is 0 Å².